The van der Waals surface area contributed by atoms with Crippen molar-refractivity contribution in [2.75, 3.05) is 31.1 Å². The van der Waals surface area contributed by atoms with Crippen molar-refractivity contribution in [1.82, 2.24) is 4.90 Å². The molecule has 2 heterocycles. The zero-order valence-corrected chi connectivity index (χ0v) is 12.3. The number of anilines is 1. The molecule has 0 aromatic heterocycles. The summed E-state index contributed by atoms with van der Waals surface area (Å²) in [4.78, 5) is 5.27. The molecule has 0 aliphatic carbocycles. The lowest BCUT2D eigenvalue weighted by atomic mass is 9.79. The zero-order chi connectivity index (χ0) is 13.3. The summed E-state index contributed by atoms with van der Waals surface area (Å²) < 4.78 is 0. The summed E-state index contributed by atoms with van der Waals surface area (Å²) in [6.07, 6.45) is 4.16. The molecule has 1 atom stereocenters. The van der Waals surface area contributed by atoms with E-state index in [-0.39, 0.29) is 0 Å². The highest BCUT2D eigenvalue weighted by atomic mass is 15.2. The lowest BCUT2D eigenvalue weighted by Gasteiger charge is -2.42. The van der Waals surface area contributed by atoms with Gasteiger partial charge in [0.1, 0.15) is 0 Å². The Morgan fingerprint density at radius 3 is 2.53 bits per heavy atom. The van der Waals surface area contributed by atoms with Crippen LogP contribution in [0.15, 0.2) is 30.3 Å². The summed E-state index contributed by atoms with van der Waals surface area (Å²) in [7, 11) is 0. The van der Waals surface area contributed by atoms with Gasteiger partial charge in [-0.25, -0.2) is 0 Å². The van der Waals surface area contributed by atoms with Gasteiger partial charge < -0.3 is 9.80 Å². The lowest BCUT2D eigenvalue weighted by Crippen LogP contribution is -2.47. The minimum Gasteiger partial charge on any atom is -0.371 e. The average Bonchev–Trinajstić information content (AvgIpc) is 2.83. The van der Waals surface area contributed by atoms with Gasteiger partial charge in [-0.2, -0.15) is 0 Å². The van der Waals surface area contributed by atoms with Crippen LogP contribution in [0.4, 0.5) is 5.69 Å². The molecule has 2 saturated heterocycles. The number of hydrogen-bond donors (Lipinski definition) is 0. The van der Waals surface area contributed by atoms with Crippen LogP contribution in [-0.4, -0.2) is 37.1 Å². The van der Waals surface area contributed by atoms with Crippen molar-refractivity contribution in [1.29, 1.82) is 0 Å². The van der Waals surface area contributed by atoms with Crippen LogP contribution in [0.2, 0.25) is 0 Å². The van der Waals surface area contributed by atoms with Crippen LogP contribution in [0, 0.1) is 5.41 Å². The molecule has 1 unspecified atom stereocenters. The van der Waals surface area contributed by atoms with Gasteiger partial charge in [-0.1, -0.05) is 18.2 Å². The van der Waals surface area contributed by atoms with Crippen LogP contribution in [0.25, 0.3) is 0 Å². The Morgan fingerprint density at radius 1 is 1.00 bits per heavy atom. The molecule has 3 rings (SSSR count). The highest BCUT2D eigenvalue weighted by Crippen LogP contribution is 2.40. The molecule has 104 valence electrons. The van der Waals surface area contributed by atoms with Gasteiger partial charge >= 0.3 is 0 Å². The highest BCUT2D eigenvalue weighted by molar-refractivity contribution is 5.47. The maximum absolute atomic E-state index is 2.68. The van der Waals surface area contributed by atoms with Crippen molar-refractivity contribution in [3.63, 3.8) is 0 Å². The van der Waals surface area contributed by atoms with E-state index in [1.165, 1.54) is 51.1 Å². The fraction of sp³-hybridized carbons (Fsp3) is 0.647. The topological polar surface area (TPSA) is 6.48 Å². The van der Waals surface area contributed by atoms with Crippen molar-refractivity contribution >= 4 is 5.69 Å². The van der Waals surface area contributed by atoms with Crippen LogP contribution >= 0.6 is 0 Å². The Bertz CT molecular complexity index is 415. The number of para-hydroxylation sites is 1. The Morgan fingerprint density at radius 2 is 1.79 bits per heavy atom. The largest absolute Gasteiger partial charge is 0.371 e. The van der Waals surface area contributed by atoms with Crippen molar-refractivity contribution in [2.24, 2.45) is 5.41 Å². The standard InChI is InChI=1S/C17H26N2/c1-15(2)18-11-6-9-17(13-18)10-12-19(14-17)16-7-4-3-5-8-16/h3-5,7-8,15H,6,9-14H2,1-2H3. The fourth-order valence-electron chi connectivity index (χ4n) is 3.81. The van der Waals surface area contributed by atoms with Gasteiger partial charge in [0.25, 0.3) is 0 Å². The van der Waals surface area contributed by atoms with E-state index in [2.05, 4.69) is 54.0 Å². The monoisotopic (exact) mass is 258 g/mol. The molecule has 2 heteroatoms. The molecule has 1 spiro atoms. The number of hydrogen-bond acceptors (Lipinski definition) is 2. The maximum Gasteiger partial charge on any atom is 0.0366 e. The summed E-state index contributed by atoms with van der Waals surface area (Å²) in [6.45, 7) is 9.75. The molecule has 0 saturated carbocycles. The van der Waals surface area contributed by atoms with Crippen LogP contribution in [0.5, 0.6) is 0 Å². The van der Waals surface area contributed by atoms with Crippen LogP contribution in [0.3, 0.4) is 0 Å². The second-order valence-corrected chi connectivity index (χ2v) is 6.67. The predicted molar refractivity (Wildman–Crippen MR) is 81.6 cm³/mol. The summed E-state index contributed by atoms with van der Waals surface area (Å²) in [5.74, 6) is 0. The SMILES string of the molecule is CC(C)N1CCCC2(CCN(c3ccccc3)C2)C1. The Balaban J connectivity index is 1.70. The smallest absolute Gasteiger partial charge is 0.0366 e. The van der Waals surface area contributed by atoms with Gasteiger partial charge in [0.05, 0.1) is 0 Å². The first kappa shape index (κ1) is 13.0. The minimum atomic E-state index is 0.554. The molecule has 0 radical (unpaired) electrons. The summed E-state index contributed by atoms with van der Waals surface area (Å²) in [5, 5.41) is 0. The van der Waals surface area contributed by atoms with Gasteiger partial charge in [0.15, 0.2) is 0 Å². The summed E-state index contributed by atoms with van der Waals surface area (Å²) in [5.41, 5.74) is 1.96. The number of likely N-dealkylation sites (tertiary alicyclic amines) is 1. The molecular weight excluding hydrogens is 232 g/mol. The van der Waals surface area contributed by atoms with E-state index in [1.807, 2.05) is 0 Å². The van der Waals surface area contributed by atoms with Crippen molar-refractivity contribution in [2.45, 2.75) is 39.2 Å². The minimum absolute atomic E-state index is 0.554. The summed E-state index contributed by atoms with van der Waals surface area (Å²) >= 11 is 0. The average molecular weight is 258 g/mol. The lowest BCUT2D eigenvalue weighted by molar-refractivity contribution is 0.0806. The van der Waals surface area contributed by atoms with Gasteiger partial charge in [0, 0.05) is 36.8 Å². The van der Waals surface area contributed by atoms with E-state index in [9.17, 15) is 0 Å². The third kappa shape index (κ3) is 2.64. The van der Waals surface area contributed by atoms with Gasteiger partial charge in [-0.05, 0) is 51.8 Å². The number of benzene rings is 1. The molecular formula is C17H26N2. The third-order valence-corrected chi connectivity index (χ3v) is 4.98. The summed E-state index contributed by atoms with van der Waals surface area (Å²) in [6, 6.07) is 11.6. The van der Waals surface area contributed by atoms with E-state index in [0.717, 1.165) is 0 Å². The van der Waals surface area contributed by atoms with Crippen molar-refractivity contribution in [3.8, 4) is 0 Å². The van der Waals surface area contributed by atoms with Gasteiger partial charge in [0.2, 0.25) is 0 Å². The molecule has 2 fully saturated rings. The molecule has 2 aliphatic heterocycles. The first-order valence-corrected chi connectivity index (χ1v) is 7.73. The number of piperidine rings is 1. The molecule has 0 amide bonds. The number of rotatable bonds is 2. The number of nitrogens with zero attached hydrogens (tertiary/aromatic N) is 2. The normalized spacial score (nSPS) is 28.5. The zero-order valence-electron chi connectivity index (χ0n) is 12.3. The third-order valence-electron chi connectivity index (χ3n) is 4.98. The Kier molecular flexibility index (Phi) is 3.53. The van der Waals surface area contributed by atoms with Crippen LogP contribution in [0.1, 0.15) is 33.1 Å². The van der Waals surface area contributed by atoms with E-state index >= 15 is 0 Å². The molecule has 2 nitrogen and oxygen atoms in total. The Labute approximate surface area is 117 Å². The molecule has 0 bridgehead atoms. The van der Waals surface area contributed by atoms with E-state index in [0.29, 0.717) is 11.5 Å². The fourth-order valence-corrected chi connectivity index (χ4v) is 3.81. The van der Waals surface area contributed by atoms with Crippen molar-refractivity contribution < 1.29 is 0 Å². The van der Waals surface area contributed by atoms with Gasteiger partial charge in [-0.3, -0.25) is 0 Å². The molecule has 1 aromatic rings. The van der Waals surface area contributed by atoms with Crippen molar-refractivity contribution in [3.05, 3.63) is 30.3 Å². The molecule has 1 aromatic carbocycles. The van der Waals surface area contributed by atoms with E-state index < -0.39 is 0 Å². The van der Waals surface area contributed by atoms with E-state index in [4.69, 9.17) is 0 Å². The first-order chi connectivity index (χ1) is 9.19. The second kappa shape index (κ2) is 5.16. The Hall–Kier alpha value is -1.02. The quantitative estimate of drug-likeness (QED) is 0.802. The maximum atomic E-state index is 2.68. The van der Waals surface area contributed by atoms with Gasteiger partial charge in [-0.15, -0.1) is 0 Å². The highest BCUT2D eigenvalue weighted by Gasteiger charge is 2.41. The van der Waals surface area contributed by atoms with Crippen LogP contribution < -0.4 is 4.90 Å². The van der Waals surface area contributed by atoms with Crippen LogP contribution in [-0.2, 0) is 0 Å². The molecule has 19 heavy (non-hydrogen) atoms. The molecule has 0 N–H and O–H groups in total. The molecule has 2 aliphatic rings. The first-order valence-electron chi connectivity index (χ1n) is 7.73. The second-order valence-electron chi connectivity index (χ2n) is 6.67. The van der Waals surface area contributed by atoms with E-state index in [1.54, 1.807) is 0 Å². The predicted octanol–water partition coefficient (Wildman–Crippen LogP) is 3.39.